The molecule has 0 spiro atoms. The third kappa shape index (κ3) is 4.30. The Morgan fingerprint density at radius 1 is 1.25 bits per heavy atom. The van der Waals surface area contributed by atoms with Crippen molar-refractivity contribution in [2.75, 3.05) is 33.4 Å². The van der Waals surface area contributed by atoms with Gasteiger partial charge in [-0.25, -0.2) is 0 Å². The van der Waals surface area contributed by atoms with Gasteiger partial charge in [0.15, 0.2) is 0 Å². The van der Waals surface area contributed by atoms with Crippen molar-refractivity contribution in [3.8, 4) is 0 Å². The molecule has 20 heavy (non-hydrogen) atoms. The Morgan fingerprint density at radius 3 is 2.65 bits per heavy atom. The van der Waals surface area contributed by atoms with E-state index in [2.05, 4.69) is 49.1 Å². The van der Waals surface area contributed by atoms with Gasteiger partial charge in [0.05, 0.1) is 12.2 Å². The first-order chi connectivity index (χ1) is 9.70. The highest BCUT2D eigenvalue weighted by molar-refractivity contribution is 5.18. The van der Waals surface area contributed by atoms with E-state index < -0.39 is 0 Å². The number of methoxy groups -OCH3 is 1. The molecule has 0 saturated carbocycles. The van der Waals surface area contributed by atoms with Crippen LogP contribution in [0.15, 0.2) is 30.3 Å². The average Bonchev–Trinajstić information content (AvgIpc) is 2.48. The minimum atomic E-state index is 0.194. The first-order valence-electron chi connectivity index (χ1n) is 7.62. The molecule has 1 aromatic rings. The van der Waals surface area contributed by atoms with Crippen LogP contribution in [0.1, 0.15) is 31.9 Å². The summed E-state index contributed by atoms with van der Waals surface area (Å²) in [6.45, 7) is 8.42. The first-order valence-corrected chi connectivity index (χ1v) is 7.62. The van der Waals surface area contributed by atoms with Crippen LogP contribution in [-0.4, -0.2) is 44.4 Å². The van der Waals surface area contributed by atoms with Crippen molar-refractivity contribution in [1.29, 1.82) is 0 Å². The predicted molar refractivity (Wildman–Crippen MR) is 81.8 cm³/mol. The molecule has 0 bridgehead atoms. The molecule has 0 amide bonds. The lowest BCUT2D eigenvalue weighted by atomic mass is 10.0. The van der Waals surface area contributed by atoms with Crippen molar-refractivity contribution in [3.63, 3.8) is 0 Å². The molecule has 0 unspecified atom stereocenters. The topological polar surface area (TPSA) is 21.7 Å². The molecule has 3 heteroatoms. The lowest BCUT2D eigenvalue weighted by Crippen LogP contribution is -2.46. The van der Waals surface area contributed by atoms with Gasteiger partial charge in [0.2, 0.25) is 0 Å². The van der Waals surface area contributed by atoms with E-state index in [4.69, 9.17) is 9.47 Å². The number of hydrogen-bond donors (Lipinski definition) is 0. The van der Waals surface area contributed by atoms with Crippen LogP contribution < -0.4 is 0 Å². The molecular weight excluding hydrogens is 250 g/mol. The van der Waals surface area contributed by atoms with Crippen molar-refractivity contribution < 1.29 is 9.47 Å². The van der Waals surface area contributed by atoms with Crippen LogP contribution in [0.5, 0.6) is 0 Å². The number of hydrogen-bond acceptors (Lipinski definition) is 3. The molecule has 0 radical (unpaired) electrons. The summed E-state index contributed by atoms with van der Waals surface area (Å²) in [5.41, 5.74) is 1.29. The second kappa shape index (κ2) is 7.77. The fourth-order valence-corrected chi connectivity index (χ4v) is 2.70. The van der Waals surface area contributed by atoms with E-state index in [1.54, 1.807) is 7.11 Å². The zero-order valence-electron chi connectivity index (χ0n) is 12.9. The minimum absolute atomic E-state index is 0.194. The predicted octanol–water partition coefficient (Wildman–Crippen LogP) is 3.12. The van der Waals surface area contributed by atoms with Gasteiger partial charge in [0.1, 0.15) is 0 Å². The van der Waals surface area contributed by atoms with Gasteiger partial charge < -0.3 is 9.47 Å². The molecule has 0 aromatic heterocycles. The largest absolute Gasteiger partial charge is 0.385 e. The van der Waals surface area contributed by atoms with E-state index in [-0.39, 0.29) is 6.10 Å². The highest BCUT2D eigenvalue weighted by Gasteiger charge is 2.30. The highest BCUT2D eigenvalue weighted by atomic mass is 16.5. The van der Waals surface area contributed by atoms with E-state index >= 15 is 0 Å². The SMILES string of the molecule is COCCCN1C[C@@H](c2ccccc2)O[C@@H](C(C)C)C1. The molecule has 2 atom stereocenters. The number of morpholine rings is 1. The van der Waals surface area contributed by atoms with Gasteiger partial charge in [-0.05, 0) is 17.9 Å². The number of ether oxygens (including phenoxy) is 2. The summed E-state index contributed by atoms with van der Waals surface area (Å²) >= 11 is 0. The van der Waals surface area contributed by atoms with E-state index in [0.29, 0.717) is 12.0 Å². The summed E-state index contributed by atoms with van der Waals surface area (Å²) in [6.07, 6.45) is 1.60. The summed E-state index contributed by atoms with van der Waals surface area (Å²) in [6, 6.07) is 10.6. The normalized spacial score (nSPS) is 24.2. The van der Waals surface area contributed by atoms with E-state index in [1.165, 1.54) is 5.56 Å². The zero-order valence-corrected chi connectivity index (χ0v) is 12.9. The van der Waals surface area contributed by atoms with Crippen molar-refractivity contribution in [1.82, 2.24) is 4.90 Å². The molecule has 1 aliphatic rings. The monoisotopic (exact) mass is 277 g/mol. The number of nitrogens with zero attached hydrogens (tertiary/aromatic N) is 1. The molecule has 112 valence electrons. The van der Waals surface area contributed by atoms with Crippen LogP contribution in [0.25, 0.3) is 0 Å². The third-order valence-electron chi connectivity index (χ3n) is 3.94. The Balaban J connectivity index is 2.01. The summed E-state index contributed by atoms with van der Waals surface area (Å²) in [7, 11) is 1.77. The number of rotatable bonds is 6. The molecule has 2 rings (SSSR count). The maximum Gasteiger partial charge on any atom is 0.0956 e. The fraction of sp³-hybridized carbons (Fsp3) is 0.647. The Kier molecular flexibility index (Phi) is 6.02. The second-order valence-corrected chi connectivity index (χ2v) is 5.92. The Bertz CT molecular complexity index is 380. The molecule has 3 nitrogen and oxygen atoms in total. The Hall–Kier alpha value is -0.900. The lowest BCUT2D eigenvalue weighted by molar-refractivity contribution is -0.106. The lowest BCUT2D eigenvalue weighted by Gasteiger charge is -2.40. The molecule has 1 heterocycles. The summed E-state index contributed by atoms with van der Waals surface area (Å²) < 4.78 is 11.5. The van der Waals surface area contributed by atoms with Crippen LogP contribution >= 0.6 is 0 Å². The Labute approximate surface area is 122 Å². The van der Waals surface area contributed by atoms with Gasteiger partial charge in [-0.3, -0.25) is 4.90 Å². The molecule has 1 aromatic carbocycles. The van der Waals surface area contributed by atoms with Crippen LogP contribution in [0.2, 0.25) is 0 Å². The number of benzene rings is 1. The zero-order chi connectivity index (χ0) is 14.4. The summed E-state index contributed by atoms with van der Waals surface area (Å²) in [5, 5.41) is 0. The quantitative estimate of drug-likeness (QED) is 0.746. The van der Waals surface area contributed by atoms with Gasteiger partial charge >= 0.3 is 0 Å². The van der Waals surface area contributed by atoms with E-state index in [0.717, 1.165) is 32.7 Å². The molecule has 0 aliphatic carbocycles. The summed E-state index contributed by atoms with van der Waals surface area (Å²) in [4.78, 5) is 2.52. The van der Waals surface area contributed by atoms with Crippen LogP contribution in [0, 0.1) is 5.92 Å². The molecule has 1 saturated heterocycles. The Morgan fingerprint density at radius 2 is 2.00 bits per heavy atom. The van der Waals surface area contributed by atoms with Gasteiger partial charge in [-0.2, -0.15) is 0 Å². The first kappa shape index (κ1) is 15.5. The van der Waals surface area contributed by atoms with E-state index in [1.807, 2.05) is 0 Å². The maximum atomic E-state index is 6.30. The van der Waals surface area contributed by atoms with Gasteiger partial charge in [-0.15, -0.1) is 0 Å². The standard InChI is InChI=1S/C17H27NO2/c1-14(2)16-12-18(10-7-11-19-3)13-17(20-16)15-8-5-4-6-9-15/h4-6,8-9,14,16-17H,7,10-13H2,1-3H3/t16-,17+/m1/s1. The smallest absolute Gasteiger partial charge is 0.0956 e. The molecule has 1 fully saturated rings. The maximum absolute atomic E-state index is 6.30. The summed E-state index contributed by atoms with van der Waals surface area (Å²) in [5.74, 6) is 0.548. The fourth-order valence-electron chi connectivity index (χ4n) is 2.70. The van der Waals surface area contributed by atoms with E-state index in [9.17, 15) is 0 Å². The highest BCUT2D eigenvalue weighted by Crippen LogP contribution is 2.28. The van der Waals surface area contributed by atoms with Crippen molar-refractivity contribution in [2.24, 2.45) is 5.92 Å². The molecule has 1 aliphatic heterocycles. The van der Waals surface area contributed by atoms with Crippen LogP contribution in [0.3, 0.4) is 0 Å². The molecular formula is C17H27NO2. The van der Waals surface area contributed by atoms with Gasteiger partial charge in [-0.1, -0.05) is 44.2 Å². The third-order valence-corrected chi connectivity index (χ3v) is 3.94. The van der Waals surface area contributed by atoms with Crippen molar-refractivity contribution in [2.45, 2.75) is 32.5 Å². The van der Waals surface area contributed by atoms with Crippen LogP contribution in [0.4, 0.5) is 0 Å². The van der Waals surface area contributed by atoms with Gasteiger partial charge in [0.25, 0.3) is 0 Å². The minimum Gasteiger partial charge on any atom is -0.385 e. The second-order valence-electron chi connectivity index (χ2n) is 5.92. The van der Waals surface area contributed by atoms with Gasteiger partial charge in [0, 0.05) is 33.4 Å². The molecule has 0 N–H and O–H groups in total. The van der Waals surface area contributed by atoms with Crippen molar-refractivity contribution >= 4 is 0 Å². The van der Waals surface area contributed by atoms with Crippen molar-refractivity contribution in [3.05, 3.63) is 35.9 Å². The van der Waals surface area contributed by atoms with Crippen LogP contribution in [-0.2, 0) is 9.47 Å². The average molecular weight is 277 g/mol.